The average Bonchev–Trinajstić information content (AvgIpc) is 1.64. The normalized spacial score (nSPS) is 12.4. The number of aliphatic carboxylic acids is 1. The standard InChI is InChI=1S/C4H8O4.H3N/c1-2(3(5)6)4(7)8;/h2-3,5-6H,1H3,(H,7,8);1H3. The third-order valence-corrected chi connectivity index (χ3v) is 0.837. The molecule has 0 aromatic heterocycles. The molecule has 9 heavy (non-hydrogen) atoms. The van der Waals surface area contributed by atoms with E-state index in [1.165, 1.54) is 6.92 Å². The molecule has 0 saturated heterocycles. The molecule has 0 aliphatic rings. The summed E-state index contributed by atoms with van der Waals surface area (Å²) in [5, 5.41) is 24.4. The second-order valence-corrected chi connectivity index (χ2v) is 1.54. The van der Waals surface area contributed by atoms with E-state index in [4.69, 9.17) is 15.3 Å². The van der Waals surface area contributed by atoms with Gasteiger partial charge in [0.05, 0.1) is 0 Å². The molecule has 0 aliphatic carbocycles. The van der Waals surface area contributed by atoms with Gasteiger partial charge in [-0.3, -0.25) is 4.79 Å². The average molecular weight is 137 g/mol. The van der Waals surface area contributed by atoms with Crippen molar-refractivity contribution in [3.8, 4) is 0 Å². The van der Waals surface area contributed by atoms with Gasteiger partial charge in [-0.25, -0.2) is 0 Å². The first-order chi connectivity index (χ1) is 3.55. The minimum absolute atomic E-state index is 0. The van der Waals surface area contributed by atoms with Gasteiger partial charge in [0.15, 0.2) is 6.29 Å². The van der Waals surface area contributed by atoms with Gasteiger partial charge in [0.2, 0.25) is 0 Å². The zero-order chi connectivity index (χ0) is 6.73. The van der Waals surface area contributed by atoms with Crippen LogP contribution in [0.5, 0.6) is 0 Å². The van der Waals surface area contributed by atoms with Crippen LogP contribution in [0.4, 0.5) is 0 Å². The summed E-state index contributed by atoms with van der Waals surface area (Å²) in [6.07, 6.45) is -1.76. The number of aliphatic hydroxyl groups is 2. The Morgan fingerprint density at radius 2 is 1.78 bits per heavy atom. The van der Waals surface area contributed by atoms with Gasteiger partial charge in [-0.1, -0.05) is 0 Å². The quantitative estimate of drug-likeness (QED) is 0.371. The summed E-state index contributed by atoms with van der Waals surface area (Å²) >= 11 is 0. The van der Waals surface area contributed by atoms with Crippen molar-refractivity contribution in [1.29, 1.82) is 0 Å². The van der Waals surface area contributed by atoms with Crippen molar-refractivity contribution < 1.29 is 20.1 Å². The smallest absolute Gasteiger partial charge is 0.311 e. The third kappa shape index (κ3) is 3.89. The molecule has 0 heterocycles. The Labute approximate surface area is 52.5 Å². The number of carboxylic acids is 1. The molecule has 5 heteroatoms. The lowest BCUT2D eigenvalue weighted by Gasteiger charge is -2.05. The highest BCUT2D eigenvalue weighted by atomic mass is 16.5. The van der Waals surface area contributed by atoms with Crippen LogP contribution < -0.4 is 6.15 Å². The Kier molecular flexibility index (Phi) is 5.28. The summed E-state index contributed by atoms with van der Waals surface area (Å²) in [6.45, 7) is 1.22. The van der Waals surface area contributed by atoms with Crippen molar-refractivity contribution >= 4 is 5.97 Å². The zero-order valence-electron chi connectivity index (χ0n) is 5.11. The molecular weight excluding hydrogens is 126 g/mol. The number of hydrogen-bond donors (Lipinski definition) is 4. The van der Waals surface area contributed by atoms with Crippen molar-refractivity contribution in [2.24, 2.45) is 5.92 Å². The van der Waals surface area contributed by atoms with Crippen molar-refractivity contribution in [3.63, 3.8) is 0 Å². The fourth-order valence-corrected chi connectivity index (χ4v) is 0.128. The van der Waals surface area contributed by atoms with Crippen LogP contribution in [0.1, 0.15) is 6.92 Å². The molecule has 5 nitrogen and oxygen atoms in total. The van der Waals surface area contributed by atoms with E-state index in [0.717, 1.165) is 0 Å². The highest BCUT2D eigenvalue weighted by molar-refractivity contribution is 5.69. The number of hydrogen-bond acceptors (Lipinski definition) is 4. The topological polar surface area (TPSA) is 113 Å². The van der Waals surface area contributed by atoms with Gasteiger partial charge in [-0.2, -0.15) is 0 Å². The first-order valence-electron chi connectivity index (χ1n) is 2.14. The first-order valence-corrected chi connectivity index (χ1v) is 2.14. The first kappa shape index (κ1) is 11.2. The molecule has 0 aromatic rings. The second kappa shape index (κ2) is 4.25. The fraction of sp³-hybridized carbons (Fsp3) is 0.750. The van der Waals surface area contributed by atoms with E-state index in [0.29, 0.717) is 0 Å². The van der Waals surface area contributed by atoms with Crippen molar-refractivity contribution in [3.05, 3.63) is 0 Å². The lowest BCUT2D eigenvalue weighted by Crippen LogP contribution is -2.24. The minimum atomic E-state index is -1.76. The van der Waals surface area contributed by atoms with Crippen LogP contribution in [0.15, 0.2) is 0 Å². The highest BCUT2D eigenvalue weighted by Crippen LogP contribution is 1.97. The highest BCUT2D eigenvalue weighted by Gasteiger charge is 2.17. The predicted octanol–water partition coefficient (Wildman–Crippen LogP) is -0.820. The van der Waals surface area contributed by atoms with Gasteiger partial charge in [-0.15, -0.1) is 0 Å². The molecule has 1 atom stereocenters. The molecule has 0 rings (SSSR count). The fourth-order valence-electron chi connectivity index (χ4n) is 0.128. The Morgan fingerprint density at radius 1 is 1.44 bits per heavy atom. The maximum atomic E-state index is 9.82. The van der Waals surface area contributed by atoms with E-state index in [2.05, 4.69) is 0 Å². The van der Waals surface area contributed by atoms with E-state index in [-0.39, 0.29) is 6.15 Å². The summed E-state index contributed by atoms with van der Waals surface area (Å²) < 4.78 is 0. The summed E-state index contributed by atoms with van der Waals surface area (Å²) in [5.41, 5.74) is 0. The van der Waals surface area contributed by atoms with E-state index >= 15 is 0 Å². The number of carbonyl (C=O) groups is 1. The van der Waals surface area contributed by atoms with Crippen LogP contribution in [-0.2, 0) is 4.79 Å². The molecule has 0 amide bonds. The van der Waals surface area contributed by atoms with Gasteiger partial charge in [-0.05, 0) is 6.92 Å². The van der Waals surface area contributed by atoms with Crippen LogP contribution in [0, 0.1) is 5.92 Å². The monoisotopic (exact) mass is 137 g/mol. The van der Waals surface area contributed by atoms with E-state index < -0.39 is 18.2 Å². The van der Waals surface area contributed by atoms with E-state index in [1.54, 1.807) is 0 Å². The van der Waals surface area contributed by atoms with Crippen molar-refractivity contribution in [2.45, 2.75) is 13.2 Å². The molecular formula is C4H11NO4. The SMILES string of the molecule is CC(C(=O)O)C(O)O.N. The molecule has 6 N–H and O–H groups in total. The Balaban J connectivity index is 0. The van der Waals surface area contributed by atoms with Crippen molar-refractivity contribution in [2.75, 3.05) is 0 Å². The molecule has 0 spiro atoms. The summed E-state index contributed by atoms with van der Waals surface area (Å²) in [7, 11) is 0. The largest absolute Gasteiger partial charge is 0.481 e. The van der Waals surface area contributed by atoms with Gasteiger partial charge >= 0.3 is 5.97 Å². The summed E-state index contributed by atoms with van der Waals surface area (Å²) in [6, 6.07) is 0. The van der Waals surface area contributed by atoms with Gasteiger partial charge in [0.1, 0.15) is 5.92 Å². The second-order valence-electron chi connectivity index (χ2n) is 1.54. The summed E-state index contributed by atoms with van der Waals surface area (Å²) in [4.78, 5) is 9.82. The van der Waals surface area contributed by atoms with E-state index in [1.807, 2.05) is 0 Å². The van der Waals surface area contributed by atoms with Crippen LogP contribution in [0.3, 0.4) is 0 Å². The number of aliphatic hydroxyl groups excluding tert-OH is 1. The Morgan fingerprint density at radius 3 is 1.78 bits per heavy atom. The predicted molar refractivity (Wildman–Crippen MR) is 30.0 cm³/mol. The number of rotatable bonds is 2. The molecule has 0 aliphatic heterocycles. The lowest BCUT2D eigenvalue weighted by molar-refractivity contribution is -0.156. The van der Waals surface area contributed by atoms with Gasteiger partial charge in [0, 0.05) is 0 Å². The molecule has 1 unspecified atom stereocenters. The molecule has 0 saturated carbocycles. The maximum Gasteiger partial charge on any atom is 0.311 e. The molecule has 0 aromatic carbocycles. The van der Waals surface area contributed by atoms with Crippen LogP contribution in [0.25, 0.3) is 0 Å². The number of carboxylic acid groups (broad SMARTS) is 1. The molecule has 0 bridgehead atoms. The van der Waals surface area contributed by atoms with Gasteiger partial charge < -0.3 is 21.5 Å². The van der Waals surface area contributed by atoms with Crippen LogP contribution >= 0.6 is 0 Å². The van der Waals surface area contributed by atoms with Crippen LogP contribution in [-0.4, -0.2) is 27.6 Å². The van der Waals surface area contributed by atoms with Crippen LogP contribution in [0.2, 0.25) is 0 Å². The summed E-state index contributed by atoms with van der Waals surface area (Å²) in [5.74, 6) is -2.31. The molecule has 0 radical (unpaired) electrons. The van der Waals surface area contributed by atoms with Crippen molar-refractivity contribution in [1.82, 2.24) is 6.15 Å². The zero-order valence-corrected chi connectivity index (χ0v) is 5.11. The maximum absolute atomic E-state index is 9.82. The van der Waals surface area contributed by atoms with E-state index in [9.17, 15) is 4.79 Å². The minimum Gasteiger partial charge on any atom is -0.481 e. The molecule has 56 valence electrons. The molecule has 0 fully saturated rings. The Hall–Kier alpha value is -0.650. The Bertz CT molecular complexity index is 92.6. The third-order valence-electron chi connectivity index (χ3n) is 0.837. The van der Waals surface area contributed by atoms with Gasteiger partial charge in [0.25, 0.3) is 0 Å². The lowest BCUT2D eigenvalue weighted by atomic mass is 10.2.